The van der Waals surface area contributed by atoms with Crippen molar-refractivity contribution in [1.29, 1.82) is 0 Å². The molecule has 0 aromatic carbocycles. The quantitative estimate of drug-likeness (QED) is 0.705. The molecule has 5 N–H and O–H groups in total. The first-order valence-corrected chi connectivity index (χ1v) is 6.75. The molecule has 6 heteroatoms. The first-order chi connectivity index (χ1) is 9.51. The molecule has 0 saturated heterocycles. The lowest BCUT2D eigenvalue weighted by atomic mass is 9.97. The molecule has 0 radical (unpaired) electrons. The monoisotopic (exact) mass is 283 g/mol. The highest BCUT2D eigenvalue weighted by Gasteiger charge is 2.06. The molecular formula is C14H25N3O3. The molecular weight excluding hydrogens is 258 g/mol. The Bertz CT molecular complexity index is 385. The fraction of sp³-hybridized carbons (Fsp3) is 0.571. The number of rotatable bonds is 2. The summed E-state index contributed by atoms with van der Waals surface area (Å²) in [6.07, 6.45) is 9.33. The molecule has 1 aromatic rings. The summed E-state index contributed by atoms with van der Waals surface area (Å²) in [5, 5.41) is 7.60. The molecule has 0 aliphatic heterocycles. The summed E-state index contributed by atoms with van der Waals surface area (Å²) in [7, 11) is 1.84. The Labute approximate surface area is 119 Å². The fourth-order valence-corrected chi connectivity index (χ4v) is 1.73. The van der Waals surface area contributed by atoms with Gasteiger partial charge in [-0.05, 0) is 25.0 Å². The lowest BCUT2D eigenvalue weighted by molar-refractivity contribution is -0.135. The maximum Gasteiger partial charge on any atom is 0.317 e. The Balaban J connectivity index is 0.000000280. The number of aryl methyl sites for hydroxylation is 1. The van der Waals surface area contributed by atoms with E-state index in [1.165, 1.54) is 32.1 Å². The lowest BCUT2D eigenvalue weighted by Gasteiger charge is -2.15. The summed E-state index contributed by atoms with van der Waals surface area (Å²) >= 11 is 0. The summed E-state index contributed by atoms with van der Waals surface area (Å²) in [5.74, 6) is -0.968. The van der Waals surface area contributed by atoms with Gasteiger partial charge in [0.25, 0.3) is 0 Å². The number of carboxylic acids is 1. The average Bonchev–Trinajstić information content (AvgIpc) is 2.86. The largest absolute Gasteiger partial charge is 0.480 e. The van der Waals surface area contributed by atoms with Crippen molar-refractivity contribution >= 4 is 12.3 Å². The van der Waals surface area contributed by atoms with Crippen LogP contribution < -0.4 is 11.5 Å². The number of nitrogens with zero attached hydrogens (tertiary/aromatic N) is 1. The van der Waals surface area contributed by atoms with Crippen molar-refractivity contribution in [2.24, 2.45) is 18.5 Å². The highest BCUT2D eigenvalue weighted by molar-refractivity contribution is 5.72. The van der Waals surface area contributed by atoms with Gasteiger partial charge in [-0.2, -0.15) is 0 Å². The van der Waals surface area contributed by atoms with Crippen LogP contribution in [0.25, 0.3) is 0 Å². The van der Waals surface area contributed by atoms with E-state index < -0.39 is 5.97 Å². The summed E-state index contributed by atoms with van der Waals surface area (Å²) in [6.45, 7) is -0.278. The van der Waals surface area contributed by atoms with Gasteiger partial charge in [-0.1, -0.05) is 19.3 Å². The smallest absolute Gasteiger partial charge is 0.317 e. The number of aldehydes is 1. The Hall–Kier alpha value is -1.66. The molecule has 6 nitrogen and oxygen atoms in total. The van der Waals surface area contributed by atoms with Gasteiger partial charge in [-0.3, -0.25) is 9.59 Å². The minimum Gasteiger partial charge on any atom is -0.480 e. The molecule has 1 saturated carbocycles. The van der Waals surface area contributed by atoms with E-state index in [0.717, 1.165) is 6.29 Å². The standard InChI is InChI=1S/C6H7NO.C6H13N.C2H5NO2/c1-7-4-2-3-6(7)5-8;7-6-4-2-1-3-5-6;3-1-2(4)5/h2-5H,1H3;6H,1-5,7H2;1,3H2,(H,4,5). The van der Waals surface area contributed by atoms with Gasteiger partial charge in [0.2, 0.25) is 0 Å². The van der Waals surface area contributed by atoms with Crippen molar-refractivity contribution in [1.82, 2.24) is 4.57 Å². The minimum atomic E-state index is -0.968. The highest BCUT2D eigenvalue weighted by atomic mass is 16.4. The van der Waals surface area contributed by atoms with Gasteiger partial charge in [0, 0.05) is 19.3 Å². The molecule has 1 fully saturated rings. The van der Waals surface area contributed by atoms with E-state index in [-0.39, 0.29) is 6.54 Å². The van der Waals surface area contributed by atoms with Gasteiger partial charge in [0.1, 0.15) is 0 Å². The van der Waals surface area contributed by atoms with Crippen molar-refractivity contribution < 1.29 is 14.7 Å². The molecule has 2 rings (SSSR count). The van der Waals surface area contributed by atoms with Crippen LogP contribution in [0.2, 0.25) is 0 Å². The van der Waals surface area contributed by atoms with Crippen LogP contribution in [-0.2, 0) is 11.8 Å². The topological polar surface area (TPSA) is 111 Å². The van der Waals surface area contributed by atoms with Crippen LogP contribution in [0.3, 0.4) is 0 Å². The molecule has 1 aliphatic rings. The molecule has 114 valence electrons. The molecule has 0 bridgehead atoms. The third kappa shape index (κ3) is 9.29. The summed E-state index contributed by atoms with van der Waals surface area (Å²) in [5.41, 5.74) is 10.9. The minimum absolute atomic E-state index is 0.278. The van der Waals surface area contributed by atoms with Gasteiger partial charge in [0.05, 0.1) is 12.2 Å². The Morgan fingerprint density at radius 3 is 2.20 bits per heavy atom. The maximum absolute atomic E-state index is 10.1. The van der Waals surface area contributed by atoms with Crippen molar-refractivity contribution in [2.45, 2.75) is 38.1 Å². The Morgan fingerprint density at radius 1 is 1.45 bits per heavy atom. The van der Waals surface area contributed by atoms with Crippen LogP contribution in [0.15, 0.2) is 18.3 Å². The summed E-state index contributed by atoms with van der Waals surface area (Å²) < 4.78 is 1.77. The predicted molar refractivity (Wildman–Crippen MR) is 78.6 cm³/mol. The van der Waals surface area contributed by atoms with Crippen molar-refractivity contribution in [3.63, 3.8) is 0 Å². The molecule has 0 amide bonds. The zero-order valence-electron chi connectivity index (χ0n) is 12.0. The van der Waals surface area contributed by atoms with E-state index in [4.69, 9.17) is 10.8 Å². The zero-order chi connectivity index (χ0) is 15.4. The number of carbonyl (C=O) groups is 2. The van der Waals surface area contributed by atoms with Crippen LogP contribution in [0, 0.1) is 0 Å². The highest BCUT2D eigenvalue weighted by Crippen LogP contribution is 2.14. The second-order valence-electron chi connectivity index (χ2n) is 4.66. The normalized spacial score (nSPS) is 14.3. The number of hydrogen-bond donors (Lipinski definition) is 3. The average molecular weight is 283 g/mol. The van der Waals surface area contributed by atoms with Gasteiger partial charge >= 0.3 is 5.97 Å². The van der Waals surface area contributed by atoms with Gasteiger partial charge in [-0.25, -0.2) is 0 Å². The van der Waals surface area contributed by atoms with Crippen LogP contribution >= 0.6 is 0 Å². The van der Waals surface area contributed by atoms with Gasteiger partial charge in [0.15, 0.2) is 6.29 Å². The summed E-state index contributed by atoms with van der Waals surface area (Å²) in [4.78, 5) is 19.3. The van der Waals surface area contributed by atoms with E-state index >= 15 is 0 Å². The van der Waals surface area contributed by atoms with Crippen LogP contribution in [-0.4, -0.2) is 34.5 Å². The second kappa shape index (κ2) is 11.2. The molecule has 0 spiro atoms. The van der Waals surface area contributed by atoms with Crippen LogP contribution in [0.1, 0.15) is 42.6 Å². The van der Waals surface area contributed by atoms with E-state index in [1.807, 2.05) is 19.3 Å². The Morgan fingerprint density at radius 2 is 2.00 bits per heavy atom. The van der Waals surface area contributed by atoms with E-state index in [9.17, 15) is 9.59 Å². The molecule has 20 heavy (non-hydrogen) atoms. The summed E-state index contributed by atoms with van der Waals surface area (Å²) in [6, 6.07) is 4.14. The van der Waals surface area contributed by atoms with Gasteiger partial charge in [-0.15, -0.1) is 0 Å². The second-order valence-corrected chi connectivity index (χ2v) is 4.66. The molecule has 1 heterocycles. The van der Waals surface area contributed by atoms with Crippen LogP contribution in [0.4, 0.5) is 0 Å². The first kappa shape index (κ1) is 18.3. The third-order valence-corrected chi connectivity index (χ3v) is 2.93. The number of nitrogens with two attached hydrogens (primary N) is 2. The number of carbonyl (C=O) groups excluding carboxylic acids is 1. The third-order valence-electron chi connectivity index (χ3n) is 2.93. The van der Waals surface area contributed by atoms with E-state index in [0.29, 0.717) is 11.7 Å². The van der Waals surface area contributed by atoms with Crippen molar-refractivity contribution in [3.8, 4) is 0 Å². The number of carboxylic acid groups (broad SMARTS) is 1. The molecule has 1 aromatic heterocycles. The first-order valence-electron chi connectivity index (χ1n) is 6.75. The van der Waals surface area contributed by atoms with Crippen molar-refractivity contribution in [2.75, 3.05) is 6.54 Å². The maximum atomic E-state index is 10.1. The Kier molecular flexibility index (Phi) is 10.3. The lowest BCUT2D eigenvalue weighted by Crippen LogP contribution is -2.22. The molecule has 0 atom stereocenters. The molecule has 1 aliphatic carbocycles. The van der Waals surface area contributed by atoms with Crippen molar-refractivity contribution in [3.05, 3.63) is 24.0 Å². The van der Waals surface area contributed by atoms with E-state index in [1.54, 1.807) is 10.6 Å². The zero-order valence-corrected chi connectivity index (χ0v) is 12.0. The fourth-order valence-electron chi connectivity index (χ4n) is 1.73. The number of aliphatic carboxylic acids is 1. The predicted octanol–water partition coefficient (Wildman–Crippen LogP) is 1.15. The molecule has 0 unspecified atom stereocenters. The van der Waals surface area contributed by atoms with Crippen LogP contribution in [0.5, 0.6) is 0 Å². The SMILES string of the molecule is Cn1cccc1C=O.NC1CCCCC1.NCC(=O)O. The van der Waals surface area contributed by atoms with Gasteiger partial charge < -0.3 is 21.1 Å². The van der Waals surface area contributed by atoms with E-state index in [2.05, 4.69) is 5.73 Å². The number of hydrogen-bond acceptors (Lipinski definition) is 4. The number of aromatic nitrogens is 1.